The number of carbonyl (C=O) groups excluding carboxylic acids is 2. The Kier molecular flexibility index (Phi) is 8.76. The molecular formula is C42H42O8. The van der Waals surface area contributed by atoms with Crippen molar-refractivity contribution in [3.8, 4) is 34.5 Å². The van der Waals surface area contributed by atoms with Gasteiger partial charge in [-0.1, -0.05) is 64.1 Å². The van der Waals surface area contributed by atoms with Gasteiger partial charge in [-0.2, -0.15) is 0 Å². The number of benzene rings is 4. The molecule has 0 bridgehead atoms. The maximum absolute atomic E-state index is 14.4. The molecule has 258 valence electrons. The zero-order chi connectivity index (χ0) is 36.3. The number of hydrogen-bond donors (Lipinski definition) is 4. The lowest BCUT2D eigenvalue weighted by Crippen LogP contribution is -2.30. The van der Waals surface area contributed by atoms with Gasteiger partial charge in [-0.15, -0.1) is 0 Å². The van der Waals surface area contributed by atoms with Crippen LogP contribution in [0.4, 0.5) is 0 Å². The third kappa shape index (κ3) is 5.39. The Balaban J connectivity index is 1.79. The van der Waals surface area contributed by atoms with Crippen molar-refractivity contribution in [3.05, 3.63) is 115 Å². The third-order valence-electron chi connectivity index (χ3n) is 9.57. The number of aromatic hydroxyl groups is 4. The number of ketones is 2. The summed E-state index contributed by atoms with van der Waals surface area (Å²) in [6.45, 7) is 11.6. The first-order valence-corrected chi connectivity index (χ1v) is 16.7. The molecule has 50 heavy (non-hydrogen) atoms. The molecule has 0 heterocycles. The van der Waals surface area contributed by atoms with Gasteiger partial charge in [0.2, 0.25) is 11.6 Å². The van der Waals surface area contributed by atoms with Crippen LogP contribution < -0.4 is 9.47 Å². The fraction of sp³-hybridized carbons (Fsp3) is 0.286. The average Bonchev–Trinajstić information content (AvgIpc) is 3.03. The predicted octanol–water partition coefficient (Wildman–Crippen LogP) is 8.53. The number of fused-ring (bicyclic) bond motifs is 4. The Morgan fingerprint density at radius 3 is 1.22 bits per heavy atom. The summed E-state index contributed by atoms with van der Waals surface area (Å²) in [4.78, 5) is 28.8. The van der Waals surface area contributed by atoms with E-state index in [-0.39, 0.29) is 57.1 Å². The maximum atomic E-state index is 14.4. The minimum Gasteiger partial charge on any atom is -0.507 e. The van der Waals surface area contributed by atoms with E-state index >= 15 is 0 Å². The van der Waals surface area contributed by atoms with Gasteiger partial charge in [-0.25, -0.2) is 0 Å². The van der Waals surface area contributed by atoms with Crippen molar-refractivity contribution in [2.75, 3.05) is 14.2 Å². The SMILES string of the molecule is COc1cc2c(c(O)c1/C=C/C(C)C)C(=O)c1c(O)cc(C)cc1C2C1c2cc(C)cc(O)c2C(=O)c2c1cc(OC)c(/C=C/C(C)C)c2O. The van der Waals surface area contributed by atoms with E-state index in [1.807, 2.05) is 52.0 Å². The molecule has 4 N–H and O–H groups in total. The maximum Gasteiger partial charge on any atom is 0.201 e. The molecule has 2 aliphatic carbocycles. The summed E-state index contributed by atoms with van der Waals surface area (Å²) >= 11 is 0. The molecule has 4 aromatic rings. The molecule has 2 unspecified atom stereocenters. The quantitative estimate of drug-likeness (QED) is 0.153. The highest BCUT2D eigenvalue weighted by atomic mass is 16.5. The largest absolute Gasteiger partial charge is 0.507 e. The first-order chi connectivity index (χ1) is 23.7. The Morgan fingerprint density at radius 1 is 0.560 bits per heavy atom. The molecule has 0 saturated heterocycles. The lowest BCUT2D eigenvalue weighted by atomic mass is 9.63. The van der Waals surface area contributed by atoms with E-state index in [0.29, 0.717) is 56.0 Å². The molecule has 0 saturated carbocycles. The Labute approximate surface area is 292 Å². The standard InChI is InChI=1S/C42H42O8/c1-19(2)9-11-23-31(49-7)17-27-33(25-13-21(5)15-29(43)35(25)41(47)37(27)39(23)45)34-26-14-22(6)16-30(44)36(26)42(48)38-28(34)18-32(50-8)24(40(38)46)12-10-20(3)4/h9-20,33-34,43-46H,1-8H3/b11-9+,12-10+. The fourth-order valence-corrected chi connectivity index (χ4v) is 7.44. The summed E-state index contributed by atoms with van der Waals surface area (Å²) < 4.78 is 11.6. The van der Waals surface area contributed by atoms with E-state index in [4.69, 9.17) is 9.47 Å². The van der Waals surface area contributed by atoms with Gasteiger partial charge in [-0.3, -0.25) is 9.59 Å². The monoisotopic (exact) mass is 674 g/mol. The smallest absolute Gasteiger partial charge is 0.201 e. The third-order valence-corrected chi connectivity index (χ3v) is 9.57. The molecule has 0 fully saturated rings. The van der Waals surface area contributed by atoms with E-state index in [2.05, 4.69) is 0 Å². The molecule has 0 amide bonds. The molecule has 8 heteroatoms. The number of rotatable bonds is 7. The first kappa shape index (κ1) is 34.4. The van der Waals surface area contributed by atoms with Gasteiger partial charge in [0.1, 0.15) is 34.5 Å². The fourth-order valence-electron chi connectivity index (χ4n) is 7.44. The summed E-state index contributed by atoms with van der Waals surface area (Å²) in [5.74, 6) is -2.93. The first-order valence-electron chi connectivity index (χ1n) is 16.7. The van der Waals surface area contributed by atoms with E-state index < -0.39 is 23.4 Å². The van der Waals surface area contributed by atoms with Crippen LogP contribution in [-0.4, -0.2) is 46.2 Å². The molecule has 8 nitrogen and oxygen atoms in total. The number of phenolic OH excluding ortho intramolecular Hbond substituents is 4. The number of ether oxygens (including phenoxy) is 2. The van der Waals surface area contributed by atoms with Crippen molar-refractivity contribution in [1.82, 2.24) is 0 Å². The van der Waals surface area contributed by atoms with Gasteiger partial charge in [0.05, 0.1) is 47.6 Å². The molecule has 0 radical (unpaired) electrons. The van der Waals surface area contributed by atoms with Crippen molar-refractivity contribution < 1.29 is 39.5 Å². The summed E-state index contributed by atoms with van der Waals surface area (Å²) in [5, 5.41) is 46.6. The van der Waals surface area contributed by atoms with E-state index in [1.54, 1.807) is 38.1 Å². The molecule has 0 spiro atoms. The Morgan fingerprint density at radius 2 is 0.900 bits per heavy atom. The second-order valence-electron chi connectivity index (χ2n) is 13.9. The summed E-state index contributed by atoms with van der Waals surface area (Å²) in [6.07, 6.45) is 7.20. The van der Waals surface area contributed by atoms with Gasteiger partial charge >= 0.3 is 0 Å². The van der Waals surface area contributed by atoms with Crippen LogP contribution in [0.15, 0.2) is 48.6 Å². The van der Waals surface area contributed by atoms with Crippen molar-refractivity contribution >= 4 is 23.7 Å². The summed E-state index contributed by atoms with van der Waals surface area (Å²) in [6, 6.07) is 10.1. The number of hydrogen-bond acceptors (Lipinski definition) is 8. The van der Waals surface area contributed by atoms with Gasteiger partial charge in [-0.05, 0) is 83.3 Å². The summed E-state index contributed by atoms with van der Waals surface area (Å²) in [7, 11) is 2.97. The van der Waals surface area contributed by atoms with Crippen LogP contribution >= 0.6 is 0 Å². The van der Waals surface area contributed by atoms with Crippen LogP contribution in [0.3, 0.4) is 0 Å². The van der Waals surface area contributed by atoms with E-state index in [0.717, 1.165) is 0 Å². The lowest BCUT2D eigenvalue weighted by molar-refractivity contribution is 0.101. The molecule has 4 aromatic carbocycles. The predicted molar refractivity (Wildman–Crippen MR) is 193 cm³/mol. The van der Waals surface area contributed by atoms with Crippen LogP contribution in [0.1, 0.15) is 116 Å². The van der Waals surface area contributed by atoms with Crippen molar-refractivity contribution in [1.29, 1.82) is 0 Å². The Hall–Kier alpha value is -5.50. The average molecular weight is 675 g/mol. The van der Waals surface area contributed by atoms with Crippen LogP contribution in [0.5, 0.6) is 34.5 Å². The highest BCUT2D eigenvalue weighted by molar-refractivity contribution is 6.18. The molecule has 2 atom stereocenters. The van der Waals surface area contributed by atoms with Gasteiger partial charge < -0.3 is 29.9 Å². The van der Waals surface area contributed by atoms with E-state index in [1.165, 1.54) is 26.4 Å². The highest BCUT2D eigenvalue weighted by Gasteiger charge is 2.47. The molecule has 2 aliphatic rings. The van der Waals surface area contributed by atoms with Crippen LogP contribution in [0, 0.1) is 25.7 Å². The van der Waals surface area contributed by atoms with Crippen LogP contribution in [0.2, 0.25) is 0 Å². The zero-order valence-electron chi connectivity index (χ0n) is 29.5. The number of phenols is 4. The summed E-state index contributed by atoms with van der Waals surface area (Å²) in [5.41, 5.74) is 3.78. The lowest BCUT2D eigenvalue weighted by Gasteiger charge is -2.39. The molecule has 0 aliphatic heterocycles. The van der Waals surface area contributed by atoms with Crippen LogP contribution in [0.25, 0.3) is 12.2 Å². The minimum absolute atomic E-state index is 0.00425. The molecule has 0 aromatic heterocycles. The Bertz CT molecular complexity index is 2000. The van der Waals surface area contributed by atoms with Gasteiger partial charge in [0.25, 0.3) is 0 Å². The van der Waals surface area contributed by atoms with Crippen LogP contribution in [-0.2, 0) is 0 Å². The second kappa shape index (κ2) is 12.8. The number of aryl methyl sites for hydroxylation is 2. The van der Waals surface area contributed by atoms with Crippen molar-refractivity contribution in [2.24, 2.45) is 11.8 Å². The van der Waals surface area contributed by atoms with E-state index in [9.17, 15) is 30.0 Å². The molecular weight excluding hydrogens is 632 g/mol. The normalized spacial score (nSPS) is 16.6. The number of allylic oxidation sites excluding steroid dienone is 2. The second-order valence-corrected chi connectivity index (χ2v) is 13.9. The number of carbonyl (C=O) groups is 2. The van der Waals surface area contributed by atoms with Gasteiger partial charge in [0.15, 0.2) is 0 Å². The highest BCUT2D eigenvalue weighted by Crippen LogP contribution is 2.58. The topological polar surface area (TPSA) is 134 Å². The minimum atomic E-state index is -0.820. The molecule has 6 rings (SSSR count). The van der Waals surface area contributed by atoms with Gasteiger partial charge in [0, 0.05) is 11.8 Å². The van der Waals surface area contributed by atoms with Crippen molar-refractivity contribution in [2.45, 2.75) is 53.4 Å². The number of methoxy groups -OCH3 is 2. The zero-order valence-corrected chi connectivity index (χ0v) is 29.5. The van der Waals surface area contributed by atoms with Crippen molar-refractivity contribution in [3.63, 3.8) is 0 Å².